The highest BCUT2D eigenvalue weighted by Gasteiger charge is 2.21. The van der Waals surface area contributed by atoms with Gasteiger partial charge in [0, 0.05) is 30.9 Å². The van der Waals surface area contributed by atoms with Gasteiger partial charge in [-0.05, 0) is 26.2 Å². The van der Waals surface area contributed by atoms with Gasteiger partial charge >= 0.3 is 6.03 Å². The van der Waals surface area contributed by atoms with Gasteiger partial charge in [0.05, 0.1) is 0 Å². The van der Waals surface area contributed by atoms with Crippen molar-refractivity contribution in [3.05, 3.63) is 17.6 Å². The lowest BCUT2D eigenvalue weighted by molar-refractivity contribution is 0.242. The van der Waals surface area contributed by atoms with Crippen molar-refractivity contribution in [1.82, 2.24) is 15.3 Å². The number of nitrogens with one attached hydrogen (secondary N) is 1. The zero-order valence-corrected chi connectivity index (χ0v) is 11.5. The number of piperidine rings is 1. The first-order chi connectivity index (χ1) is 9.08. The van der Waals surface area contributed by atoms with Crippen LogP contribution in [-0.2, 0) is 6.42 Å². The van der Waals surface area contributed by atoms with Crippen molar-refractivity contribution in [3.8, 4) is 0 Å². The van der Waals surface area contributed by atoms with E-state index in [1.165, 1.54) is 0 Å². The summed E-state index contributed by atoms with van der Waals surface area (Å²) in [5.41, 5.74) is 6.21. The number of rotatable bonds is 3. The Labute approximate surface area is 113 Å². The molecule has 0 spiro atoms. The van der Waals surface area contributed by atoms with E-state index in [1.54, 1.807) is 0 Å². The molecule has 1 saturated heterocycles. The quantitative estimate of drug-likeness (QED) is 0.851. The minimum Gasteiger partial charge on any atom is -0.356 e. The Morgan fingerprint density at radius 1 is 1.47 bits per heavy atom. The molecule has 2 amide bonds. The highest BCUT2D eigenvalue weighted by molar-refractivity contribution is 5.72. The van der Waals surface area contributed by atoms with Crippen LogP contribution < -0.4 is 16.0 Å². The Kier molecular flexibility index (Phi) is 4.19. The Morgan fingerprint density at radius 3 is 2.74 bits per heavy atom. The third-order valence-corrected chi connectivity index (χ3v) is 3.41. The third-order valence-electron chi connectivity index (χ3n) is 3.41. The van der Waals surface area contributed by atoms with Crippen LogP contribution in [0.5, 0.6) is 0 Å². The lowest BCUT2D eigenvalue weighted by Gasteiger charge is -2.33. The molecule has 1 aliphatic rings. The molecule has 1 aromatic heterocycles. The number of primary amides is 1. The fourth-order valence-electron chi connectivity index (χ4n) is 2.41. The molecular weight excluding hydrogens is 242 g/mol. The standard InChI is InChI=1S/C13H21N5O/c1-3-10-8-12(16-9(2)15-10)18-6-4-11(5-7-18)17-13(14)19/h8,11H,3-7H2,1-2H3,(H3,14,17,19). The lowest BCUT2D eigenvalue weighted by atomic mass is 10.1. The number of anilines is 1. The molecule has 1 fully saturated rings. The van der Waals surface area contributed by atoms with E-state index >= 15 is 0 Å². The number of nitrogens with two attached hydrogens (primary N) is 1. The van der Waals surface area contributed by atoms with Gasteiger partial charge in [0.1, 0.15) is 11.6 Å². The molecule has 0 atom stereocenters. The number of aryl methyl sites for hydroxylation is 2. The zero-order valence-electron chi connectivity index (χ0n) is 11.5. The summed E-state index contributed by atoms with van der Waals surface area (Å²) in [6, 6.07) is 1.79. The number of nitrogens with zero attached hydrogens (tertiary/aromatic N) is 3. The molecule has 1 aromatic rings. The molecule has 6 heteroatoms. The highest BCUT2D eigenvalue weighted by Crippen LogP contribution is 2.19. The van der Waals surface area contributed by atoms with Crippen LogP contribution in [0.2, 0.25) is 0 Å². The van der Waals surface area contributed by atoms with Crippen molar-refractivity contribution in [2.75, 3.05) is 18.0 Å². The number of aromatic nitrogens is 2. The normalized spacial score (nSPS) is 16.4. The molecule has 0 aromatic carbocycles. The van der Waals surface area contributed by atoms with Crippen molar-refractivity contribution in [2.24, 2.45) is 5.73 Å². The first kappa shape index (κ1) is 13.6. The summed E-state index contributed by atoms with van der Waals surface area (Å²) in [6.45, 7) is 5.77. The van der Waals surface area contributed by atoms with Crippen molar-refractivity contribution in [2.45, 2.75) is 39.2 Å². The molecule has 2 heterocycles. The minimum absolute atomic E-state index is 0.183. The van der Waals surface area contributed by atoms with Crippen LogP contribution in [0.1, 0.15) is 31.3 Å². The van der Waals surface area contributed by atoms with Gasteiger partial charge < -0.3 is 16.0 Å². The van der Waals surface area contributed by atoms with Gasteiger partial charge in [0.15, 0.2) is 0 Å². The molecular formula is C13H21N5O. The maximum absolute atomic E-state index is 10.8. The van der Waals surface area contributed by atoms with Crippen LogP contribution in [-0.4, -0.2) is 35.1 Å². The van der Waals surface area contributed by atoms with E-state index in [2.05, 4.69) is 33.2 Å². The van der Waals surface area contributed by atoms with E-state index in [1.807, 2.05) is 6.92 Å². The van der Waals surface area contributed by atoms with Crippen molar-refractivity contribution in [1.29, 1.82) is 0 Å². The van der Waals surface area contributed by atoms with Crippen molar-refractivity contribution < 1.29 is 4.79 Å². The number of hydrogen-bond acceptors (Lipinski definition) is 4. The minimum atomic E-state index is -0.440. The monoisotopic (exact) mass is 263 g/mol. The van der Waals surface area contributed by atoms with Crippen molar-refractivity contribution in [3.63, 3.8) is 0 Å². The molecule has 0 radical (unpaired) electrons. The van der Waals surface area contributed by atoms with E-state index in [4.69, 9.17) is 5.73 Å². The zero-order chi connectivity index (χ0) is 13.8. The van der Waals surface area contributed by atoms with Crippen LogP contribution in [0.25, 0.3) is 0 Å². The Morgan fingerprint density at radius 2 is 2.16 bits per heavy atom. The molecule has 0 aliphatic carbocycles. The second-order valence-electron chi connectivity index (χ2n) is 4.89. The smallest absolute Gasteiger partial charge is 0.312 e. The lowest BCUT2D eigenvalue weighted by Crippen LogP contribution is -2.46. The Balaban J connectivity index is 2.01. The first-order valence-electron chi connectivity index (χ1n) is 6.74. The van der Waals surface area contributed by atoms with Crippen LogP contribution >= 0.6 is 0 Å². The van der Waals surface area contributed by atoms with E-state index in [9.17, 15) is 4.79 Å². The fraction of sp³-hybridized carbons (Fsp3) is 0.615. The molecule has 104 valence electrons. The Bertz CT molecular complexity index is 454. The summed E-state index contributed by atoms with van der Waals surface area (Å²) in [7, 11) is 0. The number of carbonyl (C=O) groups is 1. The Hall–Kier alpha value is -1.85. The van der Waals surface area contributed by atoms with Gasteiger partial charge in [-0.15, -0.1) is 0 Å². The van der Waals surface area contributed by atoms with Gasteiger partial charge in [-0.3, -0.25) is 0 Å². The predicted molar refractivity (Wildman–Crippen MR) is 74.1 cm³/mol. The van der Waals surface area contributed by atoms with Crippen LogP contribution in [0.4, 0.5) is 10.6 Å². The van der Waals surface area contributed by atoms with E-state index in [-0.39, 0.29) is 6.04 Å². The SMILES string of the molecule is CCc1cc(N2CCC(NC(N)=O)CC2)nc(C)n1. The number of hydrogen-bond donors (Lipinski definition) is 2. The average Bonchev–Trinajstić information content (AvgIpc) is 2.38. The van der Waals surface area contributed by atoms with Gasteiger partial charge in [0.2, 0.25) is 0 Å². The molecule has 1 aliphatic heterocycles. The summed E-state index contributed by atoms with van der Waals surface area (Å²) in [4.78, 5) is 22.0. The summed E-state index contributed by atoms with van der Waals surface area (Å²) in [5, 5.41) is 2.77. The van der Waals surface area contributed by atoms with Gasteiger partial charge in [-0.1, -0.05) is 6.92 Å². The predicted octanol–water partition coefficient (Wildman–Crippen LogP) is 0.985. The summed E-state index contributed by atoms with van der Waals surface area (Å²) < 4.78 is 0. The second kappa shape index (κ2) is 5.86. The molecule has 0 saturated carbocycles. The summed E-state index contributed by atoms with van der Waals surface area (Å²) in [5.74, 6) is 1.80. The third kappa shape index (κ3) is 3.56. The molecule has 2 rings (SSSR count). The van der Waals surface area contributed by atoms with Crippen LogP contribution in [0.3, 0.4) is 0 Å². The highest BCUT2D eigenvalue weighted by atomic mass is 16.2. The molecule has 0 unspecified atom stereocenters. The van der Waals surface area contributed by atoms with Gasteiger partial charge in [-0.2, -0.15) is 0 Å². The van der Waals surface area contributed by atoms with E-state index < -0.39 is 6.03 Å². The maximum atomic E-state index is 10.8. The largest absolute Gasteiger partial charge is 0.356 e. The summed E-state index contributed by atoms with van der Waals surface area (Å²) >= 11 is 0. The number of urea groups is 1. The molecule has 3 N–H and O–H groups in total. The molecule has 19 heavy (non-hydrogen) atoms. The van der Waals surface area contributed by atoms with E-state index in [0.717, 1.165) is 49.7 Å². The maximum Gasteiger partial charge on any atom is 0.312 e. The first-order valence-corrected chi connectivity index (χ1v) is 6.74. The average molecular weight is 263 g/mol. The summed E-state index contributed by atoms with van der Waals surface area (Å²) in [6.07, 6.45) is 2.71. The topological polar surface area (TPSA) is 84.1 Å². The second-order valence-corrected chi connectivity index (χ2v) is 4.89. The van der Waals surface area contributed by atoms with Gasteiger partial charge in [-0.25, -0.2) is 14.8 Å². The molecule has 0 bridgehead atoms. The van der Waals surface area contributed by atoms with Crippen LogP contribution in [0.15, 0.2) is 6.07 Å². The van der Waals surface area contributed by atoms with Crippen molar-refractivity contribution >= 4 is 11.8 Å². The van der Waals surface area contributed by atoms with Crippen LogP contribution in [0, 0.1) is 6.92 Å². The van der Waals surface area contributed by atoms with Gasteiger partial charge in [0.25, 0.3) is 0 Å². The fourth-order valence-corrected chi connectivity index (χ4v) is 2.41. The van der Waals surface area contributed by atoms with E-state index in [0.29, 0.717) is 0 Å². The molecule has 6 nitrogen and oxygen atoms in total. The number of amides is 2. The number of carbonyl (C=O) groups excluding carboxylic acids is 1.